The summed E-state index contributed by atoms with van der Waals surface area (Å²) < 4.78 is 11.2. The quantitative estimate of drug-likeness (QED) is 0.684. The molecule has 1 fully saturated rings. The average molecular weight is 204 g/mol. The Hall–Kier alpha value is -1.49. The Labute approximate surface area is 89.2 Å². The normalized spacial score (nSPS) is 19.1. The molecule has 0 atom stereocenters. The maximum Gasteiger partial charge on any atom is 0.565 e. The van der Waals surface area contributed by atoms with Crippen molar-refractivity contribution in [3.63, 3.8) is 0 Å². The lowest BCUT2D eigenvalue weighted by Crippen LogP contribution is -2.34. The van der Waals surface area contributed by atoms with Gasteiger partial charge in [0.2, 0.25) is 0 Å². The van der Waals surface area contributed by atoms with Gasteiger partial charge in [0.25, 0.3) is 0 Å². The van der Waals surface area contributed by atoms with Gasteiger partial charge in [-0.15, -0.1) is 0 Å². The van der Waals surface area contributed by atoms with Gasteiger partial charge in [0.15, 0.2) is 0 Å². The Morgan fingerprint density at radius 3 is 2.73 bits per heavy atom. The highest BCUT2D eigenvalue weighted by Crippen LogP contribution is 2.28. The second-order valence-corrected chi connectivity index (χ2v) is 4.05. The zero-order chi connectivity index (χ0) is 11.1. The highest BCUT2D eigenvalue weighted by Gasteiger charge is 2.42. The van der Waals surface area contributed by atoms with E-state index in [-0.39, 0.29) is 0 Å². The molecule has 1 aromatic heterocycles. The van der Waals surface area contributed by atoms with Crippen LogP contribution in [0.5, 0.6) is 0 Å². The molecule has 15 heavy (non-hydrogen) atoms. The molecule has 4 nitrogen and oxygen atoms in total. The molecule has 2 heterocycles. The summed E-state index contributed by atoms with van der Waals surface area (Å²) in [5, 5.41) is 0. The van der Waals surface area contributed by atoms with Crippen molar-refractivity contribution in [1.29, 1.82) is 0 Å². The molecule has 2 rings (SSSR count). The minimum atomic E-state index is -0.463. The minimum absolute atomic E-state index is 0.455. The van der Waals surface area contributed by atoms with E-state index in [9.17, 15) is 0 Å². The first kappa shape index (κ1) is 10.0. The highest BCUT2D eigenvalue weighted by molar-refractivity contribution is 6.62. The van der Waals surface area contributed by atoms with Gasteiger partial charge in [-0.1, -0.05) is 6.58 Å². The van der Waals surface area contributed by atoms with Crippen LogP contribution in [-0.2, 0) is 9.31 Å². The summed E-state index contributed by atoms with van der Waals surface area (Å²) in [6, 6.07) is 1.78. The zero-order valence-electron chi connectivity index (χ0n) is 8.86. The second-order valence-electron chi connectivity index (χ2n) is 4.05. The highest BCUT2D eigenvalue weighted by atomic mass is 16.7. The van der Waals surface area contributed by atoms with Gasteiger partial charge >= 0.3 is 7.12 Å². The second kappa shape index (κ2) is 3.27. The molecule has 1 aliphatic heterocycles. The van der Waals surface area contributed by atoms with Crippen molar-refractivity contribution < 1.29 is 9.31 Å². The SMILES string of the molecule is C=C1OB(c2cncc(N)c2)OC1(C)C. The number of anilines is 1. The molecule has 1 aliphatic rings. The van der Waals surface area contributed by atoms with E-state index in [0.717, 1.165) is 5.46 Å². The first-order valence-corrected chi connectivity index (χ1v) is 4.73. The molecule has 0 unspecified atom stereocenters. The third kappa shape index (κ3) is 1.83. The standard InChI is InChI=1S/C10H13BN2O2/c1-7-10(2,3)15-11(14-7)8-4-9(12)6-13-5-8/h4-6H,1,12H2,2-3H3. The Balaban J connectivity index is 2.25. The smallest absolute Gasteiger partial charge is 0.534 e. The van der Waals surface area contributed by atoms with Crippen LogP contribution < -0.4 is 11.2 Å². The molecule has 0 aromatic carbocycles. The van der Waals surface area contributed by atoms with Crippen molar-refractivity contribution in [2.75, 3.05) is 5.73 Å². The predicted octanol–water partition coefficient (Wildman–Crippen LogP) is 0.698. The van der Waals surface area contributed by atoms with Gasteiger partial charge in [-0.2, -0.15) is 0 Å². The van der Waals surface area contributed by atoms with E-state index in [1.54, 1.807) is 18.5 Å². The average Bonchev–Trinajstić information content (AvgIpc) is 2.42. The third-order valence-electron chi connectivity index (χ3n) is 2.38. The van der Waals surface area contributed by atoms with Crippen molar-refractivity contribution in [2.24, 2.45) is 0 Å². The fourth-order valence-corrected chi connectivity index (χ4v) is 1.37. The third-order valence-corrected chi connectivity index (χ3v) is 2.38. The molecule has 5 heteroatoms. The number of pyridine rings is 1. The van der Waals surface area contributed by atoms with E-state index in [4.69, 9.17) is 15.0 Å². The molecule has 0 bridgehead atoms. The lowest BCUT2D eigenvalue weighted by molar-refractivity contribution is 0.173. The number of hydrogen-bond donors (Lipinski definition) is 1. The van der Waals surface area contributed by atoms with Crippen LogP contribution in [0.15, 0.2) is 30.8 Å². The molecule has 0 spiro atoms. The van der Waals surface area contributed by atoms with Crippen LogP contribution >= 0.6 is 0 Å². The number of rotatable bonds is 1. The van der Waals surface area contributed by atoms with Gasteiger partial charge in [0, 0.05) is 23.5 Å². The van der Waals surface area contributed by atoms with Gasteiger partial charge in [-0.25, -0.2) is 0 Å². The maximum absolute atomic E-state index is 5.68. The molecule has 1 saturated heterocycles. The van der Waals surface area contributed by atoms with E-state index < -0.39 is 12.7 Å². The van der Waals surface area contributed by atoms with E-state index in [2.05, 4.69) is 11.6 Å². The Bertz CT molecular complexity index is 406. The van der Waals surface area contributed by atoms with E-state index in [1.165, 1.54) is 0 Å². The lowest BCUT2D eigenvalue weighted by atomic mass is 9.80. The van der Waals surface area contributed by atoms with Crippen LogP contribution in [-0.4, -0.2) is 17.7 Å². The molecule has 1 aromatic rings. The van der Waals surface area contributed by atoms with E-state index in [1.807, 2.05) is 13.8 Å². The summed E-state index contributed by atoms with van der Waals surface area (Å²) >= 11 is 0. The first-order valence-electron chi connectivity index (χ1n) is 4.73. The van der Waals surface area contributed by atoms with Crippen molar-refractivity contribution in [2.45, 2.75) is 19.4 Å². The van der Waals surface area contributed by atoms with Crippen LogP contribution in [0.2, 0.25) is 0 Å². The van der Waals surface area contributed by atoms with E-state index >= 15 is 0 Å². The van der Waals surface area contributed by atoms with Crippen molar-refractivity contribution in [3.8, 4) is 0 Å². The van der Waals surface area contributed by atoms with Crippen LogP contribution in [0, 0.1) is 0 Å². The summed E-state index contributed by atoms with van der Waals surface area (Å²) in [7, 11) is -0.455. The van der Waals surface area contributed by atoms with Gasteiger partial charge in [-0.3, -0.25) is 4.98 Å². The molecule has 78 valence electrons. The zero-order valence-corrected chi connectivity index (χ0v) is 8.86. The van der Waals surface area contributed by atoms with Crippen molar-refractivity contribution in [3.05, 3.63) is 30.8 Å². The number of nitrogens with two attached hydrogens (primary N) is 1. The molecular weight excluding hydrogens is 191 g/mol. The monoisotopic (exact) mass is 204 g/mol. The Morgan fingerprint density at radius 1 is 1.47 bits per heavy atom. The molecule has 0 aliphatic carbocycles. The van der Waals surface area contributed by atoms with Gasteiger partial charge in [-0.05, 0) is 19.9 Å². The minimum Gasteiger partial charge on any atom is -0.534 e. The van der Waals surface area contributed by atoms with Crippen molar-refractivity contribution >= 4 is 18.3 Å². The Morgan fingerprint density at radius 2 is 2.20 bits per heavy atom. The summed E-state index contributed by atoms with van der Waals surface area (Å²) in [5.41, 5.74) is 6.57. The summed E-state index contributed by atoms with van der Waals surface area (Å²) in [6.07, 6.45) is 3.26. The molecule has 0 amide bonds. The maximum atomic E-state index is 5.68. The summed E-state index contributed by atoms with van der Waals surface area (Å²) in [6.45, 7) is 7.63. The first-order chi connectivity index (χ1) is 6.99. The number of nitrogen functional groups attached to an aromatic ring is 1. The van der Waals surface area contributed by atoms with E-state index in [0.29, 0.717) is 11.4 Å². The van der Waals surface area contributed by atoms with Crippen LogP contribution in [0.3, 0.4) is 0 Å². The topological polar surface area (TPSA) is 57.4 Å². The number of aromatic nitrogens is 1. The molecular formula is C10H13BN2O2. The summed E-state index contributed by atoms with van der Waals surface area (Å²) in [4.78, 5) is 3.99. The summed E-state index contributed by atoms with van der Waals surface area (Å²) in [5.74, 6) is 0.620. The largest absolute Gasteiger partial charge is 0.565 e. The van der Waals surface area contributed by atoms with Gasteiger partial charge < -0.3 is 15.0 Å². The molecule has 0 saturated carbocycles. The number of hydrogen-bond acceptors (Lipinski definition) is 4. The van der Waals surface area contributed by atoms with Crippen LogP contribution in [0.4, 0.5) is 5.69 Å². The fourth-order valence-electron chi connectivity index (χ4n) is 1.37. The predicted molar refractivity (Wildman–Crippen MR) is 59.4 cm³/mol. The van der Waals surface area contributed by atoms with Crippen LogP contribution in [0.1, 0.15) is 13.8 Å². The lowest BCUT2D eigenvalue weighted by Gasteiger charge is -2.15. The van der Waals surface area contributed by atoms with Crippen molar-refractivity contribution in [1.82, 2.24) is 4.98 Å². The van der Waals surface area contributed by atoms with Crippen LogP contribution in [0.25, 0.3) is 0 Å². The molecule has 2 N–H and O–H groups in total. The fraction of sp³-hybridized carbons (Fsp3) is 0.300. The van der Waals surface area contributed by atoms with Gasteiger partial charge in [0.05, 0.1) is 5.76 Å². The van der Waals surface area contributed by atoms with Gasteiger partial charge in [0.1, 0.15) is 5.60 Å². The number of nitrogens with zero attached hydrogens (tertiary/aromatic N) is 1. The molecule has 0 radical (unpaired) electrons. The Kier molecular flexibility index (Phi) is 2.19.